The van der Waals surface area contributed by atoms with Crippen LogP contribution in [0, 0.1) is 13.8 Å². The second-order valence-corrected chi connectivity index (χ2v) is 3.77. The summed E-state index contributed by atoms with van der Waals surface area (Å²) in [5.41, 5.74) is 0.490. The summed E-state index contributed by atoms with van der Waals surface area (Å²) in [6, 6.07) is 2.64. The van der Waals surface area contributed by atoms with Crippen molar-refractivity contribution in [2.24, 2.45) is 0 Å². The summed E-state index contributed by atoms with van der Waals surface area (Å²) in [6.07, 6.45) is -4.26. The van der Waals surface area contributed by atoms with Crippen LogP contribution < -0.4 is 0 Å². The monoisotopic (exact) mass is 252 g/mol. The molecule has 13 heavy (non-hydrogen) atoms. The molecule has 0 saturated carbocycles. The van der Waals surface area contributed by atoms with Crippen molar-refractivity contribution in [1.29, 1.82) is 0 Å². The molecule has 0 saturated heterocycles. The molecule has 1 rings (SSSR count). The van der Waals surface area contributed by atoms with Crippen molar-refractivity contribution in [2.75, 3.05) is 0 Å². The predicted molar refractivity (Wildman–Crippen MR) is 48.6 cm³/mol. The zero-order valence-electron chi connectivity index (χ0n) is 7.17. The Labute approximate surface area is 82.9 Å². The Morgan fingerprint density at radius 2 is 1.62 bits per heavy atom. The SMILES string of the molecule is Cc1cc(C)c(C(F)(F)F)cc1Br. The molecule has 0 radical (unpaired) electrons. The van der Waals surface area contributed by atoms with E-state index in [1.54, 1.807) is 6.92 Å². The fraction of sp³-hybridized carbons (Fsp3) is 0.333. The first-order valence-corrected chi connectivity index (χ1v) is 4.45. The van der Waals surface area contributed by atoms with Gasteiger partial charge in [-0.25, -0.2) is 0 Å². The Morgan fingerprint density at radius 3 is 2.08 bits per heavy atom. The summed E-state index contributed by atoms with van der Waals surface area (Å²) in [6.45, 7) is 3.22. The van der Waals surface area contributed by atoms with Crippen LogP contribution in [0.15, 0.2) is 16.6 Å². The van der Waals surface area contributed by atoms with Gasteiger partial charge in [-0.3, -0.25) is 0 Å². The number of halogens is 4. The van der Waals surface area contributed by atoms with Crippen molar-refractivity contribution >= 4 is 15.9 Å². The molecule has 0 amide bonds. The van der Waals surface area contributed by atoms with Gasteiger partial charge in [-0.05, 0) is 31.0 Å². The number of rotatable bonds is 0. The van der Waals surface area contributed by atoms with Crippen LogP contribution >= 0.6 is 15.9 Å². The zero-order chi connectivity index (χ0) is 10.2. The summed E-state index contributed by atoms with van der Waals surface area (Å²) in [5, 5.41) is 0. The van der Waals surface area contributed by atoms with Gasteiger partial charge in [0.15, 0.2) is 0 Å². The van der Waals surface area contributed by atoms with Gasteiger partial charge < -0.3 is 0 Å². The smallest absolute Gasteiger partial charge is 0.166 e. The van der Waals surface area contributed by atoms with Crippen LogP contribution in [0.2, 0.25) is 0 Å². The average molecular weight is 253 g/mol. The van der Waals surface area contributed by atoms with Gasteiger partial charge in [0.2, 0.25) is 0 Å². The lowest BCUT2D eigenvalue weighted by Crippen LogP contribution is -2.07. The third-order valence-corrected chi connectivity index (χ3v) is 2.67. The van der Waals surface area contributed by atoms with Crippen molar-refractivity contribution in [3.05, 3.63) is 33.3 Å². The third kappa shape index (κ3) is 2.24. The van der Waals surface area contributed by atoms with Crippen LogP contribution in [0.3, 0.4) is 0 Å². The summed E-state index contributed by atoms with van der Waals surface area (Å²) in [4.78, 5) is 0. The lowest BCUT2D eigenvalue weighted by atomic mass is 10.1. The van der Waals surface area contributed by atoms with Crippen molar-refractivity contribution in [2.45, 2.75) is 20.0 Å². The molecule has 0 aliphatic rings. The zero-order valence-corrected chi connectivity index (χ0v) is 8.75. The minimum atomic E-state index is -4.26. The van der Waals surface area contributed by atoms with Gasteiger partial charge in [0, 0.05) is 4.47 Å². The molecule has 0 fully saturated rings. The maximum atomic E-state index is 12.3. The van der Waals surface area contributed by atoms with Crippen molar-refractivity contribution < 1.29 is 13.2 Å². The molecule has 1 aromatic carbocycles. The second-order valence-electron chi connectivity index (χ2n) is 2.91. The molecular weight excluding hydrogens is 245 g/mol. The quantitative estimate of drug-likeness (QED) is 0.653. The van der Waals surface area contributed by atoms with Crippen LogP contribution in [0.4, 0.5) is 13.2 Å². The molecule has 0 spiro atoms. The Morgan fingerprint density at radius 1 is 1.08 bits per heavy atom. The van der Waals surface area contributed by atoms with Crippen LogP contribution in [0.25, 0.3) is 0 Å². The molecule has 1 aromatic rings. The van der Waals surface area contributed by atoms with E-state index in [9.17, 15) is 13.2 Å². The Balaban J connectivity index is 3.32. The van der Waals surface area contributed by atoms with E-state index in [-0.39, 0.29) is 5.56 Å². The van der Waals surface area contributed by atoms with E-state index in [0.717, 1.165) is 11.6 Å². The molecule has 0 N–H and O–H groups in total. The van der Waals surface area contributed by atoms with Gasteiger partial charge in [-0.15, -0.1) is 0 Å². The molecule has 0 heterocycles. The topological polar surface area (TPSA) is 0 Å². The van der Waals surface area contributed by atoms with Gasteiger partial charge in [-0.1, -0.05) is 22.0 Å². The standard InChI is InChI=1S/C9H8BrF3/c1-5-3-6(2)8(10)4-7(5)9(11,12)13/h3-4H,1-2H3. The summed E-state index contributed by atoms with van der Waals surface area (Å²) in [7, 11) is 0. The highest BCUT2D eigenvalue weighted by Gasteiger charge is 2.32. The minimum Gasteiger partial charge on any atom is -0.166 e. The van der Waals surface area contributed by atoms with Gasteiger partial charge in [0.25, 0.3) is 0 Å². The van der Waals surface area contributed by atoms with Crippen molar-refractivity contribution in [3.8, 4) is 0 Å². The maximum absolute atomic E-state index is 12.3. The number of alkyl halides is 3. The Kier molecular flexibility index (Phi) is 2.71. The Bertz CT molecular complexity index is 328. The molecule has 4 heteroatoms. The predicted octanol–water partition coefficient (Wildman–Crippen LogP) is 4.08. The molecular formula is C9H8BrF3. The first-order valence-electron chi connectivity index (χ1n) is 3.66. The number of aryl methyl sites for hydroxylation is 2. The highest BCUT2D eigenvalue weighted by Crippen LogP contribution is 2.34. The van der Waals surface area contributed by atoms with Gasteiger partial charge in [0.05, 0.1) is 5.56 Å². The first kappa shape index (κ1) is 10.6. The van der Waals surface area contributed by atoms with Gasteiger partial charge >= 0.3 is 6.18 Å². The van der Waals surface area contributed by atoms with E-state index < -0.39 is 11.7 Å². The van der Waals surface area contributed by atoms with Crippen LogP contribution in [-0.2, 0) is 6.18 Å². The number of hydrogen-bond acceptors (Lipinski definition) is 0. The van der Waals surface area contributed by atoms with E-state index >= 15 is 0 Å². The first-order chi connectivity index (χ1) is 5.82. The molecule has 0 unspecified atom stereocenters. The molecule has 72 valence electrons. The summed E-state index contributed by atoms with van der Waals surface area (Å²) >= 11 is 3.07. The van der Waals surface area contributed by atoms with Crippen molar-refractivity contribution in [1.82, 2.24) is 0 Å². The molecule has 0 nitrogen and oxygen atoms in total. The highest BCUT2D eigenvalue weighted by molar-refractivity contribution is 9.10. The normalized spacial score (nSPS) is 11.8. The van der Waals surface area contributed by atoms with Gasteiger partial charge in [0.1, 0.15) is 0 Å². The van der Waals surface area contributed by atoms with E-state index in [2.05, 4.69) is 15.9 Å². The fourth-order valence-corrected chi connectivity index (χ4v) is 1.47. The maximum Gasteiger partial charge on any atom is 0.416 e. The van der Waals surface area contributed by atoms with E-state index in [1.165, 1.54) is 13.0 Å². The number of hydrogen-bond donors (Lipinski definition) is 0. The minimum absolute atomic E-state index is 0.258. The van der Waals surface area contributed by atoms with E-state index in [1.807, 2.05) is 0 Å². The number of benzene rings is 1. The molecule has 0 atom stereocenters. The van der Waals surface area contributed by atoms with E-state index in [4.69, 9.17) is 0 Å². The van der Waals surface area contributed by atoms with E-state index in [0.29, 0.717) is 4.47 Å². The largest absolute Gasteiger partial charge is 0.416 e. The lowest BCUT2D eigenvalue weighted by Gasteiger charge is -2.11. The molecule has 0 aliphatic carbocycles. The Hall–Kier alpha value is -0.510. The second kappa shape index (κ2) is 3.33. The summed E-state index contributed by atoms with van der Waals surface area (Å²) < 4.78 is 37.5. The van der Waals surface area contributed by atoms with Crippen LogP contribution in [0.5, 0.6) is 0 Å². The van der Waals surface area contributed by atoms with Gasteiger partial charge in [-0.2, -0.15) is 13.2 Å². The van der Waals surface area contributed by atoms with Crippen LogP contribution in [-0.4, -0.2) is 0 Å². The lowest BCUT2D eigenvalue weighted by molar-refractivity contribution is -0.138. The average Bonchev–Trinajstić information content (AvgIpc) is 1.94. The third-order valence-electron chi connectivity index (χ3n) is 1.81. The molecule has 0 aliphatic heterocycles. The van der Waals surface area contributed by atoms with Crippen molar-refractivity contribution in [3.63, 3.8) is 0 Å². The van der Waals surface area contributed by atoms with Crippen LogP contribution in [0.1, 0.15) is 16.7 Å². The highest BCUT2D eigenvalue weighted by atomic mass is 79.9. The molecule has 0 bridgehead atoms. The summed E-state index contributed by atoms with van der Waals surface area (Å²) in [5.74, 6) is 0. The fourth-order valence-electron chi connectivity index (χ4n) is 1.13. The molecule has 0 aromatic heterocycles.